The van der Waals surface area contributed by atoms with Gasteiger partial charge < -0.3 is 14.9 Å². The lowest BCUT2D eigenvalue weighted by atomic mass is 9.99. The fraction of sp³-hybridized carbons (Fsp3) is 0.818. The third-order valence-electron chi connectivity index (χ3n) is 5.24. The van der Waals surface area contributed by atoms with Gasteiger partial charge in [-0.05, 0) is 6.42 Å². The molecule has 0 saturated carbocycles. The quantitative estimate of drug-likeness (QED) is 0.218. The van der Waals surface area contributed by atoms with Crippen LogP contribution in [-0.2, 0) is 14.3 Å². The topological polar surface area (TPSA) is 83.8 Å². The van der Waals surface area contributed by atoms with E-state index in [1.165, 1.54) is 70.6 Å². The largest absolute Gasteiger partial charge is 0.390 e. The fourth-order valence-electron chi connectivity index (χ4n) is 3.48. The van der Waals surface area contributed by atoms with E-state index in [2.05, 4.69) is 11.7 Å². The van der Waals surface area contributed by atoms with Gasteiger partial charge in [0.05, 0.1) is 11.7 Å². The van der Waals surface area contributed by atoms with Crippen molar-refractivity contribution < 1.29 is 24.5 Å². The first-order chi connectivity index (χ1) is 13.1. The Bertz CT molecular complexity index is 458. The van der Waals surface area contributed by atoms with Crippen LogP contribution in [0.2, 0.25) is 0 Å². The van der Waals surface area contributed by atoms with Crippen molar-refractivity contribution in [3.8, 4) is 0 Å². The monoisotopic (exact) mass is 382 g/mol. The summed E-state index contributed by atoms with van der Waals surface area (Å²) in [6, 6.07) is 0. The molecule has 1 aliphatic heterocycles. The average Bonchev–Trinajstić information content (AvgIpc) is 2.99. The standard InChI is InChI=1S/C22H38O5/c1-2-3-4-5-6-7-8-9-10-11-12-13-14-15-16-19(23)21(25)18-17-20(24)27-22(18)26/h17,19,21,23,25H,2-16H2,1H3. The molecule has 0 saturated heterocycles. The molecule has 0 bridgehead atoms. The van der Waals surface area contributed by atoms with E-state index in [0.29, 0.717) is 6.42 Å². The van der Waals surface area contributed by atoms with Crippen LogP contribution in [0.3, 0.4) is 0 Å². The van der Waals surface area contributed by atoms with E-state index in [1.807, 2.05) is 0 Å². The van der Waals surface area contributed by atoms with Gasteiger partial charge in [-0.3, -0.25) is 0 Å². The number of carbonyl (C=O) groups is 2. The molecule has 2 unspecified atom stereocenters. The number of esters is 2. The molecule has 2 atom stereocenters. The summed E-state index contributed by atoms with van der Waals surface area (Å²) in [6.07, 6.45) is 16.6. The number of hydrogen-bond acceptors (Lipinski definition) is 5. The zero-order chi connectivity index (χ0) is 19.9. The number of carbonyl (C=O) groups excluding carboxylic acids is 2. The van der Waals surface area contributed by atoms with Gasteiger partial charge in [0.25, 0.3) is 0 Å². The molecule has 0 aromatic carbocycles. The Morgan fingerprint density at radius 2 is 1.22 bits per heavy atom. The summed E-state index contributed by atoms with van der Waals surface area (Å²) in [5, 5.41) is 19.9. The lowest BCUT2D eigenvalue weighted by Gasteiger charge is -2.16. The maximum Gasteiger partial charge on any atom is 0.344 e. The molecule has 1 heterocycles. The summed E-state index contributed by atoms with van der Waals surface area (Å²) in [7, 11) is 0. The molecule has 0 aromatic rings. The normalized spacial score (nSPS) is 16.3. The van der Waals surface area contributed by atoms with E-state index in [-0.39, 0.29) is 5.57 Å². The Morgan fingerprint density at radius 1 is 0.778 bits per heavy atom. The molecule has 1 aliphatic rings. The number of unbranched alkanes of at least 4 members (excludes halogenated alkanes) is 13. The van der Waals surface area contributed by atoms with Crippen LogP contribution < -0.4 is 0 Å². The van der Waals surface area contributed by atoms with Gasteiger partial charge in [0.15, 0.2) is 0 Å². The molecule has 156 valence electrons. The van der Waals surface area contributed by atoms with Crippen molar-refractivity contribution in [3.63, 3.8) is 0 Å². The summed E-state index contributed by atoms with van der Waals surface area (Å²) in [6.45, 7) is 2.25. The first-order valence-corrected chi connectivity index (χ1v) is 10.9. The fourth-order valence-corrected chi connectivity index (χ4v) is 3.48. The smallest absolute Gasteiger partial charge is 0.344 e. The van der Waals surface area contributed by atoms with Crippen LogP contribution in [0.25, 0.3) is 0 Å². The zero-order valence-corrected chi connectivity index (χ0v) is 17.0. The minimum Gasteiger partial charge on any atom is -0.390 e. The van der Waals surface area contributed by atoms with Gasteiger partial charge in [-0.15, -0.1) is 0 Å². The molecule has 5 heteroatoms. The number of rotatable bonds is 17. The minimum absolute atomic E-state index is 0.141. The first-order valence-electron chi connectivity index (χ1n) is 10.9. The van der Waals surface area contributed by atoms with Crippen molar-refractivity contribution in [3.05, 3.63) is 11.6 Å². The predicted octanol–water partition coefficient (Wildman–Crippen LogP) is 4.59. The van der Waals surface area contributed by atoms with Gasteiger partial charge >= 0.3 is 11.9 Å². The number of ether oxygens (including phenoxy) is 1. The van der Waals surface area contributed by atoms with E-state index in [9.17, 15) is 19.8 Å². The van der Waals surface area contributed by atoms with E-state index in [0.717, 1.165) is 25.3 Å². The number of aliphatic hydroxyl groups is 2. The number of hydrogen-bond donors (Lipinski definition) is 2. The van der Waals surface area contributed by atoms with Crippen molar-refractivity contribution in [1.29, 1.82) is 0 Å². The third-order valence-corrected chi connectivity index (χ3v) is 5.24. The van der Waals surface area contributed by atoms with Crippen LogP contribution in [0.15, 0.2) is 11.6 Å². The molecule has 2 N–H and O–H groups in total. The Kier molecular flexibility index (Phi) is 13.1. The highest BCUT2D eigenvalue weighted by molar-refractivity contribution is 6.09. The molecule has 0 amide bonds. The Labute approximate surface area is 164 Å². The van der Waals surface area contributed by atoms with Gasteiger partial charge in [0.2, 0.25) is 0 Å². The second-order valence-electron chi connectivity index (χ2n) is 7.71. The van der Waals surface area contributed by atoms with Crippen LogP contribution in [0.1, 0.15) is 103 Å². The maximum absolute atomic E-state index is 11.3. The number of cyclic esters (lactones) is 2. The number of aliphatic hydroxyl groups excluding tert-OH is 2. The van der Waals surface area contributed by atoms with E-state index < -0.39 is 24.1 Å². The summed E-state index contributed by atoms with van der Waals surface area (Å²) < 4.78 is 4.33. The summed E-state index contributed by atoms with van der Waals surface area (Å²) in [4.78, 5) is 22.3. The molecule has 0 spiro atoms. The zero-order valence-electron chi connectivity index (χ0n) is 17.0. The Balaban J connectivity index is 1.90. The van der Waals surface area contributed by atoms with Crippen molar-refractivity contribution in [2.45, 2.75) is 115 Å². The average molecular weight is 383 g/mol. The van der Waals surface area contributed by atoms with Crippen LogP contribution in [0, 0.1) is 0 Å². The second kappa shape index (κ2) is 14.8. The molecule has 0 aromatic heterocycles. The lowest BCUT2D eigenvalue weighted by Crippen LogP contribution is -2.30. The van der Waals surface area contributed by atoms with Crippen molar-refractivity contribution >= 4 is 11.9 Å². The Hall–Kier alpha value is -1.20. The van der Waals surface area contributed by atoms with E-state index in [1.54, 1.807) is 0 Å². The summed E-state index contributed by atoms with van der Waals surface area (Å²) >= 11 is 0. The summed E-state index contributed by atoms with van der Waals surface area (Å²) in [5.74, 6) is -1.63. The SMILES string of the molecule is CCCCCCCCCCCCCCCCC(O)C(O)C1=CC(=O)OC1=O. The predicted molar refractivity (Wildman–Crippen MR) is 106 cm³/mol. The molecular weight excluding hydrogens is 344 g/mol. The van der Waals surface area contributed by atoms with Crippen molar-refractivity contribution in [2.75, 3.05) is 0 Å². The molecule has 5 nitrogen and oxygen atoms in total. The third kappa shape index (κ3) is 10.6. The highest BCUT2D eigenvalue weighted by Crippen LogP contribution is 2.19. The minimum atomic E-state index is -1.34. The molecule has 0 radical (unpaired) electrons. The van der Waals surface area contributed by atoms with Crippen molar-refractivity contribution in [2.24, 2.45) is 0 Å². The highest BCUT2D eigenvalue weighted by Gasteiger charge is 2.32. The molecule has 27 heavy (non-hydrogen) atoms. The first kappa shape index (κ1) is 23.8. The lowest BCUT2D eigenvalue weighted by molar-refractivity contribution is -0.151. The van der Waals surface area contributed by atoms with Crippen LogP contribution in [0.5, 0.6) is 0 Å². The van der Waals surface area contributed by atoms with E-state index >= 15 is 0 Å². The van der Waals surface area contributed by atoms with Crippen LogP contribution in [-0.4, -0.2) is 34.4 Å². The molecule has 0 fully saturated rings. The molecular formula is C22H38O5. The van der Waals surface area contributed by atoms with Crippen molar-refractivity contribution in [1.82, 2.24) is 0 Å². The summed E-state index contributed by atoms with van der Waals surface area (Å²) in [5.41, 5.74) is -0.141. The van der Waals surface area contributed by atoms with Crippen LogP contribution in [0.4, 0.5) is 0 Å². The van der Waals surface area contributed by atoms with Gasteiger partial charge in [-0.2, -0.15) is 0 Å². The van der Waals surface area contributed by atoms with Gasteiger partial charge in [0, 0.05) is 6.08 Å². The highest BCUT2D eigenvalue weighted by atomic mass is 16.6. The van der Waals surface area contributed by atoms with Gasteiger partial charge in [0.1, 0.15) is 6.10 Å². The Morgan fingerprint density at radius 3 is 1.63 bits per heavy atom. The van der Waals surface area contributed by atoms with Gasteiger partial charge in [-0.25, -0.2) is 9.59 Å². The second-order valence-corrected chi connectivity index (χ2v) is 7.71. The van der Waals surface area contributed by atoms with Gasteiger partial charge in [-0.1, -0.05) is 96.8 Å². The molecule has 0 aliphatic carbocycles. The van der Waals surface area contributed by atoms with Crippen LogP contribution >= 0.6 is 0 Å². The molecule has 1 rings (SSSR count). The van der Waals surface area contributed by atoms with E-state index in [4.69, 9.17) is 0 Å². The maximum atomic E-state index is 11.3.